The molecule has 0 amide bonds. The predicted molar refractivity (Wildman–Crippen MR) is 87.7 cm³/mol. The second-order valence-electron chi connectivity index (χ2n) is 5.22. The van der Waals surface area contributed by atoms with Crippen molar-refractivity contribution in [3.63, 3.8) is 0 Å². The van der Waals surface area contributed by atoms with E-state index in [9.17, 15) is 22.4 Å². The first kappa shape index (κ1) is 18.4. The molecule has 27 heavy (non-hydrogen) atoms. The Balaban J connectivity index is 1.77. The highest BCUT2D eigenvalue weighted by atomic mass is 32.2. The number of carbonyl (C=O) groups is 1. The van der Waals surface area contributed by atoms with Crippen molar-refractivity contribution >= 4 is 16.0 Å². The molecular weight excluding hydrogens is 383 g/mol. The van der Waals surface area contributed by atoms with Crippen LogP contribution in [0.4, 0.5) is 4.39 Å². The summed E-state index contributed by atoms with van der Waals surface area (Å²) >= 11 is 0. The Morgan fingerprint density at radius 1 is 1.30 bits per heavy atom. The monoisotopic (exact) mass is 394 g/mol. The smallest absolute Gasteiger partial charge is 0.338 e. The molecule has 12 heteroatoms. The summed E-state index contributed by atoms with van der Waals surface area (Å²) in [6, 6.07) is 5.15. The molecule has 0 fully saturated rings. The quantitative estimate of drug-likeness (QED) is 0.553. The van der Waals surface area contributed by atoms with Gasteiger partial charge in [0, 0.05) is 17.8 Å². The molecule has 3 rings (SSSR count). The minimum atomic E-state index is -4.16. The van der Waals surface area contributed by atoms with Crippen LogP contribution in [0.1, 0.15) is 16.2 Å². The van der Waals surface area contributed by atoms with Crippen molar-refractivity contribution in [2.75, 3.05) is 0 Å². The lowest BCUT2D eigenvalue weighted by Crippen LogP contribution is -2.24. The third kappa shape index (κ3) is 4.07. The first-order chi connectivity index (χ1) is 12.8. The van der Waals surface area contributed by atoms with E-state index < -0.39 is 38.8 Å². The third-order valence-corrected chi connectivity index (χ3v) is 4.79. The third-order valence-electron chi connectivity index (χ3n) is 3.39. The summed E-state index contributed by atoms with van der Waals surface area (Å²) in [7, 11) is -4.16. The van der Waals surface area contributed by atoms with Gasteiger partial charge in [-0.15, -0.1) is 0 Å². The van der Waals surface area contributed by atoms with Crippen molar-refractivity contribution < 1.29 is 27.2 Å². The highest BCUT2D eigenvalue weighted by molar-refractivity contribution is 7.89. The number of H-pyrrole nitrogens is 1. The van der Waals surface area contributed by atoms with E-state index in [4.69, 9.17) is 9.63 Å². The molecule has 2 heterocycles. The molecular formula is C15H11FN4O6S. The predicted octanol–water partition coefficient (Wildman–Crippen LogP) is 0.741. The second-order valence-corrected chi connectivity index (χ2v) is 6.99. The molecule has 1 aromatic carbocycles. The summed E-state index contributed by atoms with van der Waals surface area (Å²) in [6.07, 6.45) is 1.39. The Bertz CT molecular complexity index is 1170. The van der Waals surface area contributed by atoms with Gasteiger partial charge in [0.25, 0.3) is 0 Å². The van der Waals surface area contributed by atoms with Gasteiger partial charge in [0.05, 0.1) is 17.0 Å². The van der Waals surface area contributed by atoms with Gasteiger partial charge >= 0.3 is 5.97 Å². The van der Waals surface area contributed by atoms with Gasteiger partial charge in [-0.1, -0.05) is 5.16 Å². The van der Waals surface area contributed by atoms with Gasteiger partial charge in [-0.3, -0.25) is 4.79 Å². The molecule has 0 aliphatic carbocycles. The van der Waals surface area contributed by atoms with Crippen molar-refractivity contribution in [2.24, 2.45) is 0 Å². The molecule has 0 atom stereocenters. The number of aromatic nitrogens is 3. The summed E-state index contributed by atoms with van der Waals surface area (Å²) < 4.78 is 45.0. The molecule has 10 nitrogen and oxygen atoms in total. The summed E-state index contributed by atoms with van der Waals surface area (Å²) in [5.74, 6) is -2.65. The average molecular weight is 394 g/mol. The largest absolute Gasteiger partial charge is 0.478 e. The van der Waals surface area contributed by atoms with E-state index >= 15 is 0 Å². The van der Waals surface area contributed by atoms with Crippen LogP contribution < -0.4 is 10.3 Å². The van der Waals surface area contributed by atoms with E-state index in [-0.39, 0.29) is 17.3 Å². The Kier molecular flexibility index (Phi) is 4.83. The number of aromatic amines is 1. The zero-order valence-corrected chi connectivity index (χ0v) is 14.2. The van der Waals surface area contributed by atoms with E-state index in [2.05, 4.69) is 19.8 Å². The number of nitrogens with zero attached hydrogens (tertiary/aromatic N) is 2. The molecule has 0 saturated heterocycles. The van der Waals surface area contributed by atoms with Crippen LogP contribution in [0, 0.1) is 5.82 Å². The second kappa shape index (κ2) is 7.09. The summed E-state index contributed by atoms with van der Waals surface area (Å²) in [5, 5.41) is 12.5. The maximum atomic E-state index is 13.4. The molecule has 2 aromatic heterocycles. The number of benzene rings is 1. The lowest BCUT2D eigenvalue weighted by Gasteiger charge is -2.06. The van der Waals surface area contributed by atoms with Gasteiger partial charge in [0.2, 0.25) is 27.3 Å². The number of carboxylic acids is 1. The molecule has 0 spiro atoms. The lowest BCUT2D eigenvalue weighted by molar-refractivity contribution is 0.0691. The van der Waals surface area contributed by atoms with Crippen molar-refractivity contribution in [3.8, 4) is 11.4 Å². The number of carboxylic acid groups (broad SMARTS) is 1. The van der Waals surface area contributed by atoms with Crippen LogP contribution >= 0.6 is 0 Å². The van der Waals surface area contributed by atoms with Gasteiger partial charge < -0.3 is 14.6 Å². The van der Waals surface area contributed by atoms with Crippen LogP contribution in [0.2, 0.25) is 0 Å². The van der Waals surface area contributed by atoms with E-state index in [1.54, 1.807) is 0 Å². The van der Waals surface area contributed by atoms with Gasteiger partial charge in [-0.05, 0) is 24.3 Å². The van der Waals surface area contributed by atoms with Crippen LogP contribution in [-0.2, 0) is 16.6 Å². The number of pyridine rings is 1. The molecule has 0 radical (unpaired) electrons. The molecule has 0 saturated carbocycles. The summed E-state index contributed by atoms with van der Waals surface area (Å²) in [4.78, 5) is 28.2. The number of halogens is 1. The zero-order valence-electron chi connectivity index (χ0n) is 13.3. The first-order valence-corrected chi connectivity index (χ1v) is 8.79. The highest BCUT2D eigenvalue weighted by Gasteiger charge is 2.20. The van der Waals surface area contributed by atoms with Crippen LogP contribution in [0.5, 0.6) is 0 Å². The van der Waals surface area contributed by atoms with Crippen LogP contribution in [0.3, 0.4) is 0 Å². The zero-order chi connectivity index (χ0) is 19.6. The van der Waals surface area contributed by atoms with Crippen molar-refractivity contribution in [3.05, 3.63) is 64.2 Å². The Hall–Kier alpha value is -3.38. The average Bonchev–Trinajstić information content (AvgIpc) is 3.09. The Morgan fingerprint density at radius 2 is 2.07 bits per heavy atom. The maximum absolute atomic E-state index is 13.4. The van der Waals surface area contributed by atoms with Gasteiger partial charge in [-0.25, -0.2) is 22.3 Å². The van der Waals surface area contributed by atoms with Gasteiger partial charge in [-0.2, -0.15) is 4.98 Å². The van der Waals surface area contributed by atoms with Crippen molar-refractivity contribution in [1.82, 2.24) is 19.8 Å². The standard InChI is InChI=1S/C15H11FN4O6S/c16-11-2-1-9(6-10(11)15(22)23)27(24,25)18-7-13-19-14(20-26-13)8-3-4-17-12(21)5-8/h1-6,18H,7H2,(H,17,21)(H,22,23). The van der Waals surface area contributed by atoms with E-state index in [0.29, 0.717) is 11.6 Å². The summed E-state index contributed by atoms with van der Waals surface area (Å²) in [5.41, 5.74) is -0.765. The van der Waals surface area contributed by atoms with Crippen molar-refractivity contribution in [1.29, 1.82) is 0 Å². The van der Waals surface area contributed by atoms with Gasteiger partial charge in [0.15, 0.2) is 0 Å². The SMILES string of the molecule is O=C(O)c1cc(S(=O)(=O)NCc2nc(-c3cc[nH]c(=O)c3)no2)ccc1F. The molecule has 3 aromatic rings. The van der Waals surface area contributed by atoms with Crippen LogP contribution in [-0.4, -0.2) is 34.6 Å². The molecule has 0 aliphatic rings. The lowest BCUT2D eigenvalue weighted by atomic mass is 10.2. The van der Waals surface area contributed by atoms with Crippen LogP contribution in [0.25, 0.3) is 11.4 Å². The fraction of sp³-hybridized carbons (Fsp3) is 0.0667. The molecule has 0 unspecified atom stereocenters. The number of nitrogens with one attached hydrogen (secondary N) is 2. The number of aromatic carboxylic acids is 1. The maximum Gasteiger partial charge on any atom is 0.338 e. The number of hydrogen-bond donors (Lipinski definition) is 3. The molecule has 0 bridgehead atoms. The minimum Gasteiger partial charge on any atom is -0.478 e. The molecule has 3 N–H and O–H groups in total. The first-order valence-electron chi connectivity index (χ1n) is 7.30. The highest BCUT2D eigenvalue weighted by Crippen LogP contribution is 2.16. The van der Waals surface area contributed by atoms with Crippen LogP contribution in [0.15, 0.2) is 50.7 Å². The Morgan fingerprint density at radius 3 is 2.78 bits per heavy atom. The number of sulfonamides is 1. The minimum absolute atomic E-state index is 0.0882. The number of hydrogen-bond acceptors (Lipinski definition) is 7. The van der Waals surface area contributed by atoms with E-state index in [1.807, 2.05) is 0 Å². The normalized spacial score (nSPS) is 11.4. The fourth-order valence-electron chi connectivity index (χ4n) is 2.10. The molecule has 140 valence electrons. The molecule has 0 aliphatic heterocycles. The Labute approximate surface area is 150 Å². The van der Waals surface area contributed by atoms with Crippen molar-refractivity contribution in [2.45, 2.75) is 11.4 Å². The summed E-state index contributed by atoms with van der Waals surface area (Å²) in [6.45, 7) is -0.391. The number of rotatable bonds is 6. The van der Waals surface area contributed by atoms with Gasteiger partial charge in [0.1, 0.15) is 5.82 Å². The van der Waals surface area contributed by atoms with E-state index in [1.165, 1.54) is 18.3 Å². The fourth-order valence-corrected chi connectivity index (χ4v) is 3.10. The van der Waals surface area contributed by atoms with E-state index in [0.717, 1.165) is 12.1 Å². The topological polar surface area (TPSA) is 155 Å².